The third-order valence-electron chi connectivity index (χ3n) is 3.17. The van der Waals surface area contributed by atoms with E-state index in [1.807, 2.05) is 6.08 Å². The molecule has 1 saturated heterocycles. The first-order valence-electron chi connectivity index (χ1n) is 7.33. The number of ether oxygens (including phenoxy) is 2. The average molecular weight is 240 g/mol. The lowest BCUT2D eigenvalue weighted by atomic mass is 10.1. The van der Waals surface area contributed by atoms with Crippen LogP contribution < -0.4 is 0 Å². The fourth-order valence-corrected chi connectivity index (χ4v) is 2.09. The highest BCUT2D eigenvalue weighted by Gasteiger charge is 2.10. The molecule has 17 heavy (non-hydrogen) atoms. The molecule has 2 heteroatoms. The summed E-state index contributed by atoms with van der Waals surface area (Å²) in [7, 11) is 0. The number of hydrogen-bond donors (Lipinski definition) is 0. The van der Waals surface area contributed by atoms with Gasteiger partial charge in [0.05, 0.1) is 13.2 Å². The molecule has 0 aliphatic carbocycles. The summed E-state index contributed by atoms with van der Waals surface area (Å²) in [5.41, 5.74) is 0. The molecule has 1 fully saturated rings. The minimum Gasteiger partial charge on any atom is -0.347 e. The summed E-state index contributed by atoms with van der Waals surface area (Å²) in [5.74, 6) is 0. The molecule has 0 unspecified atom stereocenters. The van der Waals surface area contributed by atoms with E-state index in [0.717, 1.165) is 19.6 Å². The average Bonchev–Trinajstić information content (AvgIpc) is 2.85. The van der Waals surface area contributed by atoms with Gasteiger partial charge in [-0.1, -0.05) is 57.9 Å². The first kappa shape index (κ1) is 14.7. The topological polar surface area (TPSA) is 18.5 Å². The summed E-state index contributed by atoms with van der Waals surface area (Å²) >= 11 is 0. The lowest BCUT2D eigenvalue weighted by Crippen LogP contribution is -2.01. The van der Waals surface area contributed by atoms with Crippen LogP contribution in [0.2, 0.25) is 0 Å². The number of rotatable bonds is 10. The molecule has 0 bridgehead atoms. The molecule has 0 atom stereocenters. The summed E-state index contributed by atoms with van der Waals surface area (Å²) in [6, 6.07) is 0. The quantitative estimate of drug-likeness (QED) is 0.415. The maximum Gasteiger partial charge on any atom is 0.177 e. The van der Waals surface area contributed by atoms with E-state index >= 15 is 0 Å². The molecule has 1 aliphatic rings. The van der Waals surface area contributed by atoms with E-state index in [2.05, 4.69) is 13.0 Å². The second-order valence-corrected chi connectivity index (χ2v) is 4.80. The van der Waals surface area contributed by atoms with E-state index in [4.69, 9.17) is 9.47 Å². The zero-order valence-corrected chi connectivity index (χ0v) is 11.3. The van der Waals surface area contributed by atoms with Crippen LogP contribution in [-0.4, -0.2) is 19.5 Å². The minimum atomic E-state index is -0.0657. The molecule has 100 valence electrons. The van der Waals surface area contributed by atoms with Crippen molar-refractivity contribution < 1.29 is 9.47 Å². The van der Waals surface area contributed by atoms with Crippen molar-refractivity contribution in [2.24, 2.45) is 0 Å². The Hall–Kier alpha value is -0.340. The van der Waals surface area contributed by atoms with Gasteiger partial charge in [0.1, 0.15) is 0 Å². The predicted octanol–water partition coefficient (Wildman–Crippen LogP) is 4.45. The summed E-state index contributed by atoms with van der Waals surface area (Å²) < 4.78 is 10.7. The van der Waals surface area contributed by atoms with Crippen LogP contribution in [0.15, 0.2) is 12.2 Å². The van der Waals surface area contributed by atoms with Crippen LogP contribution in [-0.2, 0) is 9.47 Å². The smallest absolute Gasteiger partial charge is 0.177 e. The third kappa shape index (κ3) is 8.39. The van der Waals surface area contributed by atoms with Crippen molar-refractivity contribution >= 4 is 0 Å². The molecule has 0 radical (unpaired) electrons. The third-order valence-corrected chi connectivity index (χ3v) is 3.17. The Labute approximate surface area is 106 Å². The standard InChI is InChI=1S/C15H28O2/c1-2-3-4-5-6-7-8-9-10-11-12-15-16-13-14-17-15/h11-12,15H,2-10,13-14H2,1H3. The molecular formula is C15H28O2. The van der Waals surface area contributed by atoms with Gasteiger partial charge in [-0.3, -0.25) is 0 Å². The van der Waals surface area contributed by atoms with Crippen molar-refractivity contribution in [2.75, 3.05) is 13.2 Å². The lowest BCUT2D eigenvalue weighted by Gasteiger charge is -2.02. The van der Waals surface area contributed by atoms with Crippen molar-refractivity contribution in [2.45, 2.75) is 71.0 Å². The highest BCUT2D eigenvalue weighted by molar-refractivity contribution is 4.86. The minimum absolute atomic E-state index is 0.0657. The number of allylic oxidation sites excluding steroid dienone is 1. The van der Waals surface area contributed by atoms with Crippen molar-refractivity contribution in [1.29, 1.82) is 0 Å². The van der Waals surface area contributed by atoms with Gasteiger partial charge in [0.2, 0.25) is 0 Å². The van der Waals surface area contributed by atoms with Crippen LogP contribution in [0.5, 0.6) is 0 Å². The zero-order valence-electron chi connectivity index (χ0n) is 11.3. The van der Waals surface area contributed by atoms with Crippen LogP contribution >= 0.6 is 0 Å². The summed E-state index contributed by atoms with van der Waals surface area (Å²) in [5, 5.41) is 0. The summed E-state index contributed by atoms with van der Waals surface area (Å²) in [4.78, 5) is 0. The van der Waals surface area contributed by atoms with Crippen LogP contribution in [0.1, 0.15) is 64.7 Å². The molecule has 0 spiro atoms. The molecule has 1 aliphatic heterocycles. The molecule has 0 amide bonds. The van der Waals surface area contributed by atoms with Crippen LogP contribution in [0.4, 0.5) is 0 Å². The lowest BCUT2D eigenvalue weighted by molar-refractivity contribution is -0.00173. The van der Waals surface area contributed by atoms with Gasteiger partial charge in [-0.25, -0.2) is 0 Å². The molecule has 0 aromatic rings. The Morgan fingerprint density at radius 3 is 2.12 bits per heavy atom. The second-order valence-electron chi connectivity index (χ2n) is 4.80. The number of hydrogen-bond acceptors (Lipinski definition) is 2. The molecule has 1 rings (SSSR count). The largest absolute Gasteiger partial charge is 0.347 e. The van der Waals surface area contributed by atoms with Gasteiger partial charge in [-0.15, -0.1) is 0 Å². The van der Waals surface area contributed by atoms with Crippen molar-refractivity contribution in [3.63, 3.8) is 0 Å². The number of unbranched alkanes of at least 4 members (excludes halogenated alkanes) is 8. The van der Waals surface area contributed by atoms with Gasteiger partial charge in [-0.05, 0) is 18.9 Å². The van der Waals surface area contributed by atoms with Gasteiger partial charge in [0, 0.05) is 0 Å². The van der Waals surface area contributed by atoms with E-state index in [1.54, 1.807) is 0 Å². The van der Waals surface area contributed by atoms with Gasteiger partial charge >= 0.3 is 0 Å². The van der Waals surface area contributed by atoms with Gasteiger partial charge in [0.25, 0.3) is 0 Å². The maximum atomic E-state index is 5.33. The monoisotopic (exact) mass is 240 g/mol. The van der Waals surface area contributed by atoms with E-state index in [0.29, 0.717) is 0 Å². The van der Waals surface area contributed by atoms with E-state index in [9.17, 15) is 0 Å². The molecular weight excluding hydrogens is 212 g/mol. The Kier molecular flexibility index (Phi) is 9.34. The molecule has 2 nitrogen and oxygen atoms in total. The van der Waals surface area contributed by atoms with Crippen molar-refractivity contribution in [3.8, 4) is 0 Å². The molecule has 0 N–H and O–H groups in total. The van der Waals surface area contributed by atoms with Gasteiger partial charge < -0.3 is 9.47 Å². The fourth-order valence-electron chi connectivity index (χ4n) is 2.09. The van der Waals surface area contributed by atoms with Crippen molar-refractivity contribution in [3.05, 3.63) is 12.2 Å². The molecule has 0 saturated carbocycles. The maximum absolute atomic E-state index is 5.33. The van der Waals surface area contributed by atoms with E-state index in [1.165, 1.54) is 51.4 Å². The highest BCUT2D eigenvalue weighted by Crippen LogP contribution is 2.10. The van der Waals surface area contributed by atoms with Crippen LogP contribution in [0, 0.1) is 0 Å². The van der Waals surface area contributed by atoms with Gasteiger partial charge in [-0.2, -0.15) is 0 Å². The van der Waals surface area contributed by atoms with Crippen LogP contribution in [0.3, 0.4) is 0 Å². The Bertz CT molecular complexity index is 183. The SMILES string of the molecule is CCCCCCCCCCC=CC1OCCO1. The molecule has 1 heterocycles. The Morgan fingerprint density at radius 1 is 0.882 bits per heavy atom. The first-order valence-corrected chi connectivity index (χ1v) is 7.33. The second kappa shape index (κ2) is 10.8. The molecule has 0 aromatic heterocycles. The zero-order chi connectivity index (χ0) is 12.2. The van der Waals surface area contributed by atoms with E-state index < -0.39 is 0 Å². The molecule has 0 aromatic carbocycles. The summed E-state index contributed by atoms with van der Waals surface area (Å²) in [6.45, 7) is 3.75. The van der Waals surface area contributed by atoms with E-state index in [-0.39, 0.29) is 6.29 Å². The first-order chi connectivity index (χ1) is 8.43. The Balaban J connectivity index is 1.77. The fraction of sp³-hybridized carbons (Fsp3) is 0.867. The van der Waals surface area contributed by atoms with Gasteiger partial charge in [0.15, 0.2) is 6.29 Å². The normalized spacial score (nSPS) is 17.2. The Morgan fingerprint density at radius 2 is 1.47 bits per heavy atom. The summed E-state index contributed by atoms with van der Waals surface area (Å²) in [6.07, 6.45) is 16.4. The van der Waals surface area contributed by atoms with Crippen LogP contribution in [0.25, 0.3) is 0 Å². The predicted molar refractivity (Wildman–Crippen MR) is 72.1 cm³/mol. The highest BCUT2D eigenvalue weighted by atomic mass is 16.7. The van der Waals surface area contributed by atoms with Crippen molar-refractivity contribution in [1.82, 2.24) is 0 Å².